The van der Waals surface area contributed by atoms with Crippen LogP contribution in [0.3, 0.4) is 0 Å². The molecule has 1 unspecified atom stereocenters. The fourth-order valence-electron chi connectivity index (χ4n) is 5.26. The third-order valence-electron chi connectivity index (χ3n) is 6.96. The van der Waals surface area contributed by atoms with Gasteiger partial charge in [0.15, 0.2) is 0 Å². The normalized spacial score (nSPS) is 17.9. The summed E-state index contributed by atoms with van der Waals surface area (Å²) in [6.45, 7) is 1.35. The van der Waals surface area contributed by atoms with E-state index >= 15 is 0 Å². The number of nitrogens with one attached hydrogen (secondary N) is 1. The molecule has 1 aliphatic rings. The van der Waals surface area contributed by atoms with Crippen molar-refractivity contribution in [2.45, 2.75) is 24.3 Å². The van der Waals surface area contributed by atoms with Crippen LogP contribution in [0.2, 0.25) is 0 Å². The van der Waals surface area contributed by atoms with Gasteiger partial charge in [-0.25, -0.2) is 0 Å². The van der Waals surface area contributed by atoms with E-state index < -0.39 is 23.3 Å². The van der Waals surface area contributed by atoms with Crippen molar-refractivity contribution in [1.29, 1.82) is 0 Å². The zero-order chi connectivity index (χ0) is 25.1. The molecule has 0 fully saturated rings. The Bertz CT molecular complexity index is 1370. The second-order valence-electron chi connectivity index (χ2n) is 8.90. The number of carbonyl (C=O) groups excluding carboxylic acids is 2. The Morgan fingerprint density at radius 1 is 1.03 bits per heavy atom. The van der Waals surface area contributed by atoms with Gasteiger partial charge in [-0.15, -0.1) is 0 Å². The summed E-state index contributed by atoms with van der Waals surface area (Å²) >= 11 is 0. The van der Waals surface area contributed by atoms with Crippen LogP contribution in [0, 0.1) is 0 Å². The maximum Gasteiger partial charge on any atom is 0.330 e. The van der Waals surface area contributed by atoms with E-state index in [9.17, 15) is 9.59 Å². The monoisotopic (exact) mass is 484 g/mol. The molecule has 2 aromatic heterocycles. The van der Waals surface area contributed by atoms with E-state index in [-0.39, 0.29) is 0 Å². The van der Waals surface area contributed by atoms with Gasteiger partial charge >= 0.3 is 11.9 Å². The van der Waals surface area contributed by atoms with Crippen LogP contribution >= 0.6 is 0 Å². The highest BCUT2D eigenvalue weighted by molar-refractivity contribution is 6.09. The van der Waals surface area contributed by atoms with Gasteiger partial charge in [0.25, 0.3) is 0 Å². The predicted molar refractivity (Wildman–Crippen MR) is 135 cm³/mol. The van der Waals surface area contributed by atoms with E-state index in [2.05, 4.69) is 22.0 Å². The smallest absolute Gasteiger partial charge is 0.330 e. The molecule has 1 aliphatic heterocycles. The van der Waals surface area contributed by atoms with Crippen LogP contribution in [0.5, 0.6) is 0 Å². The van der Waals surface area contributed by atoms with Gasteiger partial charge in [0.1, 0.15) is 0 Å². The number of hydrogen-bond donors (Lipinski definition) is 1. The molecule has 0 aliphatic carbocycles. The highest BCUT2D eigenvalue weighted by Crippen LogP contribution is 2.46. The minimum atomic E-state index is -1.80. The molecule has 2 aromatic carbocycles. The van der Waals surface area contributed by atoms with Crippen LogP contribution in [-0.2, 0) is 37.4 Å². The lowest BCUT2D eigenvalue weighted by atomic mass is 9.68. The van der Waals surface area contributed by atoms with Gasteiger partial charge in [0, 0.05) is 35.6 Å². The van der Waals surface area contributed by atoms with Crippen molar-refractivity contribution < 1.29 is 23.5 Å². The molecule has 0 radical (unpaired) electrons. The largest absolute Gasteiger partial charge is 0.472 e. The van der Waals surface area contributed by atoms with Gasteiger partial charge < -0.3 is 23.8 Å². The number of ether oxygens (including phenoxy) is 2. The number of methoxy groups -OCH3 is 2. The molecule has 184 valence electrons. The number of carbonyl (C=O) groups is 2. The third-order valence-corrected chi connectivity index (χ3v) is 6.96. The van der Waals surface area contributed by atoms with Crippen LogP contribution in [0.15, 0.2) is 89.9 Å². The Kier molecular flexibility index (Phi) is 6.38. The summed E-state index contributed by atoms with van der Waals surface area (Å²) < 4.78 is 16.0. The number of H-pyrrole nitrogens is 1. The topological polar surface area (TPSA) is 84.8 Å². The third kappa shape index (κ3) is 3.86. The Balaban J connectivity index is 1.78. The van der Waals surface area contributed by atoms with Gasteiger partial charge in [-0.1, -0.05) is 54.6 Å². The number of esters is 2. The molecule has 0 spiro atoms. The lowest BCUT2D eigenvalue weighted by Gasteiger charge is -2.34. The average Bonchev–Trinajstić information content (AvgIpc) is 3.58. The number of furan rings is 1. The number of aromatic amines is 1. The number of rotatable bonds is 5. The van der Waals surface area contributed by atoms with E-state index in [4.69, 9.17) is 13.9 Å². The first-order chi connectivity index (χ1) is 17.6. The Labute approximate surface area is 209 Å². The van der Waals surface area contributed by atoms with Gasteiger partial charge in [-0.3, -0.25) is 9.59 Å². The van der Waals surface area contributed by atoms with Crippen LogP contribution in [0.25, 0.3) is 10.9 Å². The maximum atomic E-state index is 13.8. The van der Waals surface area contributed by atoms with Crippen molar-refractivity contribution in [2.75, 3.05) is 20.8 Å². The molecule has 0 saturated heterocycles. The lowest BCUT2D eigenvalue weighted by Crippen LogP contribution is -2.50. The lowest BCUT2D eigenvalue weighted by molar-refractivity contribution is -0.163. The summed E-state index contributed by atoms with van der Waals surface area (Å²) in [5.41, 5.74) is 2.23. The van der Waals surface area contributed by atoms with Crippen molar-refractivity contribution in [3.05, 3.63) is 108 Å². The maximum absolute atomic E-state index is 13.8. The van der Waals surface area contributed by atoms with Crippen LogP contribution in [0.1, 0.15) is 28.3 Å². The summed E-state index contributed by atoms with van der Waals surface area (Å²) in [4.78, 5) is 33.1. The van der Waals surface area contributed by atoms with Gasteiger partial charge in [-0.2, -0.15) is 0 Å². The molecule has 7 nitrogen and oxygen atoms in total. The number of benzene rings is 2. The minimum Gasteiger partial charge on any atom is -0.472 e. The molecule has 1 atom stereocenters. The fourth-order valence-corrected chi connectivity index (χ4v) is 5.26. The van der Waals surface area contributed by atoms with Crippen molar-refractivity contribution >= 4 is 22.8 Å². The highest BCUT2D eigenvalue weighted by Gasteiger charge is 2.58. The van der Waals surface area contributed by atoms with Crippen LogP contribution in [-0.4, -0.2) is 42.6 Å². The van der Waals surface area contributed by atoms with Crippen molar-refractivity contribution in [3.63, 3.8) is 0 Å². The second-order valence-corrected chi connectivity index (χ2v) is 8.90. The zero-order valence-electron chi connectivity index (χ0n) is 20.3. The highest BCUT2D eigenvalue weighted by atomic mass is 16.5. The van der Waals surface area contributed by atoms with Gasteiger partial charge in [0.05, 0.1) is 26.7 Å². The number of aromatic nitrogens is 1. The SMILES string of the molecule is COC(=O)C1(C(=O)OC)c2[nH]c3ccccc3c2CCN(Cc2ccccc2)/C=C/C1c1ccoc1. The van der Waals surface area contributed by atoms with E-state index in [1.54, 1.807) is 12.3 Å². The second kappa shape index (κ2) is 9.77. The number of hydrogen-bond acceptors (Lipinski definition) is 6. The van der Waals surface area contributed by atoms with E-state index in [1.165, 1.54) is 20.5 Å². The Morgan fingerprint density at radius 3 is 2.44 bits per heavy atom. The van der Waals surface area contributed by atoms with Crippen molar-refractivity contribution in [2.24, 2.45) is 0 Å². The molecule has 4 aromatic rings. The molecule has 0 saturated carbocycles. The van der Waals surface area contributed by atoms with Crippen LogP contribution in [0.4, 0.5) is 0 Å². The van der Waals surface area contributed by atoms with Crippen molar-refractivity contribution in [1.82, 2.24) is 9.88 Å². The summed E-state index contributed by atoms with van der Waals surface area (Å²) in [7, 11) is 2.58. The fraction of sp³-hybridized carbons (Fsp3) is 0.241. The van der Waals surface area contributed by atoms with E-state index in [1.807, 2.05) is 54.7 Å². The molecule has 36 heavy (non-hydrogen) atoms. The first kappa shape index (κ1) is 23.5. The number of fused-ring (bicyclic) bond motifs is 3. The average molecular weight is 485 g/mol. The molecular formula is C29H28N2O5. The zero-order valence-corrected chi connectivity index (χ0v) is 20.3. The molecule has 0 amide bonds. The predicted octanol–water partition coefficient (Wildman–Crippen LogP) is 4.70. The summed E-state index contributed by atoms with van der Waals surface area (Å²) in [6, 6.07) is 19.8. The Hall–Kier alpha value is -4.26. The van der Waals surface area contributed by atoms with Gasteiger partial charge in [0.2, 0.25) is 5.41 Å². The standard InChI is InChI=1S/C29H28N2O5/c1-34-27(32)29(28(33)35-2)24(21-14-17-36-19-21)13-16-31(18-20-8-4-3-5-9-20)15-12-23-22-10-6-7-11-25(22)30-26(23)29/h3-11,13-14,16-17,19,24,30H,12,15,18H2,1-2H3/b16-13+. The first-order valence-corrected chi connectivity index (χ1v) is 11.8. The van der Waals surface area contributed by atoms with E-state index in [0.29, 0.717) is 30.8 Å². The van der Waals surface area contributed by atoms with E-state index in [0.717, 1.165) is 22.0 Å². The number of para-hydroxylation sites is 1. The molecule has 1 N–H and O–H groups in total. The molecule has 3 heterocycles. The quantitative estimate of drug-likeness (QED) is 0.327. The first-order valence-electron chi connectivity index (χ1n) is 11.8. The van der Waals surface area contributed by atoms with Gasteiger partial charge in [-0.05, 0) is 41.4 Å². The molecule has 0 bridgehead atoms. The molecular weight excluding hydrogens is 456 g/mol. The van der Waals surface area contributed by atoms with Crippen LogP contribution < -0.4 is 0 Å². The molecule has 5 rings (SSSR count). The Morgan fingerprint density at radius 2 is 1.75 bits per heavy atom. The summed E-state index contributed by atoms with van der Waals surface area (Å²) in [5, 5.41) is 0.956. The van der Waals surface area contributed by atoms with Crippen molar-refractivity contribution in [3.8, 4) is 0 Å². The minimum absolute atomic E-state index is 0.486. The number of allylic oxidation sites excluding steroid dienone is 1. The summed E-state index contributed by atoms with van der Waals surface area (Å²) in [5.74, 6) is -2.15. The summed E-state index contributed by atoms with van der Waals surface area (Å²) in [6.07, 6.45) is 7.52. The molecule has 7 heteroatoms. The number of nitrogens with zero attached hydrogens (tertiary/aromatic N) is 1.